The topological polar surface area (TPSA) is 26.3 Å². The Morgan fingerprint density at radius 2 is 1.52 bits per heavy atom. The summed E-state index contributed by atoms with van der Waals surface area (Å²) in [6, 6.07) is 18.5. The number of ketones is 1. The van der Waals surface area contributed by atoms with Crippen molar-refractivity contribution in [2.45, 2.75) is 33.6 Å². The highest BCUT2D eigenvalue weighted by Crippen LogP contribution is 2.11. The first-order valence-corrected chi connectivity index (χ1v) is 7.69. The Kier molecular flexibility index (Phi) is 11.0. The zero-order valence-corrected chi connectivity index (χ0v) is 14.9. The molecular weight excluding hydrogens is 284 g/mol. The van der Waals surface area contributed by atoms with E-state index in [0.717, 1.165) is 5.75 Å². The van der Waals surface area contributed by atoms with Crippen molar-refractivity contribution in [1.82, 2.24) is 0 Å². The van der Waals surface area contributed by atoms with Gasteiger partial charge in [-0.05, 0) is 43.5 Å². The Morgan fingerprint density at radius 3 is 1.83 bits per heavy atom. The average molecular weight is 312 g/mol. The van der Waals surface area contributed by atoms with Gasteiger partial charge in [-0.1, -0.05) is 68.5 Å². The molecule has 0 fully saturated rings. The molecular formula is C21H28O2. The van der Waals surface area contributed by atoms with Gasteiger partial charge in [-0.3, -0.25) is 4.79 Å². The van der Waals surface area contributed by atoms with Crippen molar-refractivity contribution in [3.8, 4) is 5.75 Å². The molecule has 0 heterocycles. The molecule has 0 radical (unpaired) electrons. The van der Waals surface area contributed by atoms with E-state index in [1.165, 1.54) is 24.1 Å². The molecule has 23 heavy (non-hydrogen) atoms. The van der Waals surface area contributed by atoms with Crippen molar-refractivity contribution in [3.63, 3.8) is 0 Å². The van der Waals surface area contributed by atoms with Crippen molar-refractivity contribution in [1.29, 1.82) is 0 Å². The fraction of sp³-hybridized carbons (Fsp3) is 0.286. The van der Waals surface area contributed by atoms with Gasteiger partial charge in [-0.25, -0.2) is 0 Å². The normalized spacial score (nSPS) is 8.96. The van der Waals surface area contributed by atoms with Crippen LogP contribution in [0.4, 0.5) is 0 Å². The maximum atomic E-state index is 9.69. The number of rotatable bonds is 3. The first-order valence-electron chi connectivity index (χ1n) is 7.69. The molecule has 2 nitrogen and oxygen atoms in total. The summed E-state index contributed by atoms with van der Waals surface area (Å²) in [6.45, 7) is 11.1. The monoisotopic (exact) mass is 312 g/mol. The van der Waals surface area contributed by atoms with Gasteiger partial charge in [-0.15, -0.1) is 0 Å². The molecule has 0 unspecified atom stereocenters. The first kappa shape index (κ1) is 20.6. The molecule has 2 aromatic carbocycles. The number of hydrogen-bond donors (Lipinski definition) is 0. The highest BCUT2D eigenvalue weighted by atomic mass is 16.5. The Balaban J connectivity index is 0.000000332. The van der Waals surface area contributed by atoms with E-state index < -0.39 is 0 Å². The summed E-state index contributed by atoms with van der Waals surface area (Å²) in [5.41, 5.74) is 2.67. The lowest BCUT2D eigenvalue weighted by Gasteiger charge is -2.01. The van der Waals surface area contributed by atoms with Gasteiger partial charge >= 0.3 is 0 Å². The maximum absolute atomic E-state index is 9.69. The molecule has 0 aliphatic rings. The smallest absolute Gasteiger partial charge is 0.152 e. The summed E-state index contributed by atoms with van der Waals surface area (Å²) < 4.78 is 4.97. The van der Waals surface area contributed by atoms with Crippen molar-refractivity contribution >= 4 is 5.78 Å². The van der Waals surface area contributed by atoms with E-state index in [9.17, 15) is 4.79 Å². The molecule has 0 aliphatic heterocycles. The van der Waals surface area contributed by atoms with Gasteiger partial charge in [0.1, 0.15) is 5.75 Å². The zero-order valence-electron chi connectivity index (χ0n) is 14.9. The van der Waals surface area contributed by atoms with Crippen LogP contribution in [0.15, 0.2) is 67.3 Å². The lowest BCUT2D eigenvalue weighted by atomic mass is 10.0. The van der Waals surface area contributed by atoms with Crippen LogP contribution in [0.3, 0.4) is 0 Å². The fourth-order valence-corrected chi connectivity index (χ4v) is 1.51. The van der Waals surface area contributed by atoms with Crippen LogP contribution in [0, 0.1) is 6.92 Å². The quantitative estimate of drug-likeness (QED) is 0.692. The van der Waals surface area contributed by atoms with Crippen LogP contribution in [0.1, 0.15) is 37.8 Å². The number of aryl methyl sites for hydroxylation is 1. The van der Waals surface area contributed by atoms with Crippen LogP contribution < -0.4 is 4.74 Å². The molecule has 0 aromatic heterocycles. The number of ether oxygens (including phenoxy) is 1. The molecule has 0 atom stereocenters. The summed E-state index contributed by atoms with van der Waals surface area (Å²) in [4.78, 5) is 9.69. The third-order valence-electron chi connectivity index (χ3n) is 3.01. The minimum atomic E-state index is 0.0185. The van der Waals surface area contributed by atoms with Crippen molar-refractivity contribution in [2.75, 3.05) is 7.11 Å². The summed E-state index contributed by atoms with van der Waals surface area (Å²) in [5.74, 6) is 1.59. The Labute approximate surface area is 140 Å². The van der Waals surface area contributed by atoms with Crippen molar-refractivity contribution in [3.05, 3.63) is 78.4 Å². The van der Waals surface area contributed by atoms with Gasteiger partial charge in [0, 0.05) is 0 Å². The number of carbonyl (C=O) groups is 1. The molecule has 0 saturated carbocycles. The maximum Gasteiger partial charge on any atom is 0.152 e. The Bertz CT molecular complexity index is 554. The SMILES string of the molecule is C=CC(C)=O.CC(C)c1ccccc1.COc1ccc(C)cc1. The van der Waals surface area contributed by atoms with Crippen LogP contribution in [-0.4, -0.2) is 12.9 Å². The molecule has 2 heteroatoms. The summed E-state index contributed by atoms with van der Waals surface area (Å²) in [7, 11) is 1.67. The fourth-order valence-electron chi connectivity index (χ4n) is 1.51. The minimum absolute atomic E-state index is 0.0185. The highest BCUT2D eigenvalue weighted by Gasteiger charge is 1.93. The lowest BCUT2D eigenvalue weighted by Crippen LogP contribution is -1.83. The largest absolute Gasteiger partial charge is 0.497 e. The van der Waals surface area contributed by atoms with Crippen LogP contribution in [-0.2, 0) is 4.79 Å². The van der Waals surface area contributed by atoms with E-state index >= 15 is 0 Å². The molecule has 0 spiro atoms. The van der Waals surface area contributed by atoms with E-state index in [-0.39, 0.29) is 5.78 Å². The molecule has 0 bridgehead atoms. The molecule has 2 rings (SSSR count). The van der Waals surface area contributed by atoms with E-state index in [2.05, 4.69) is 51.6 Å². The summed E-state index contributed by atoms with van der Waals surface area (Å²) >= 11 is 0. The molecule has 0 saturated heterocycles. The second-order valence-corrected chi connectivity index (χ2v) is 5.40. The number of carbonyl (C=O) groups excluding carboxylic acids is 1. The van der Waals surface area contributed by atoms with E-state index in [4.69, 9.17) is 4.74 Å². The molecule has 124 valence electrons. The van der Waals surface area contributed by atoms with E-state index in [1.807, 2.05) is 30.3 Å². The summed E-state index contributed by atoms with van der Waals surface area (Å²) in [5, 5.41) is 0. The highest BCUT2D eigenvalue weighted by molar-refractivity contribution is 5.86. The second kappa shape index (κ2) is 12.2. The summed E-state index contributed by atoms with van der Waals surface area (Å²) in [6.07, 6.45) is 1.28. The minimum Gasteiger partial charge on any atom is -0.497 e. The van der Waals surface area contributed by atoms with Crippen molar-refractivity contribution < 1.29 is 9.53 Å². The predicted molar refractivity (Wildman–Crippen MR) is 99.1 cm³/mol. The van der Waals surface area contributed by atoms with Crippen LogP contribution >= 0.6 is 0 Å². The standard InChI is InChI=1S/C9H12.C8H10O.C4H6O/c1-8(2)9-6-4-3-5-7-9;1-7-3-5-8(9-2)6-4-7;1-3-4(2)5/h3-8H,1-2H3;3-6H,1-2H3;3H,1H2,2H3. The van der Waals surface area contributed by atoms with Crippen LogP contribution in [0.2, 0.25) is 0 Å². The van der Waals surface area contributed by atoms with Gasteiger partial charge in [0.05, 0.1) is 7.11 Å². The van der Waals surface area contributed by atoms with Gasteiger partial charge in [0.15, 0.2) is 5.78 Å². The molecule has 2 aromatic rings. The van der Waals surface area contributed by atoms with Gasteiger partial charge in [0.25, 0.3) is 0 Å². The zero-order chi connectivity index (χ0) is 17.7. The number of methoxy groups -OCH3 is 1. The molecule has 0 amide bonds. The molecule has 0 N–H and O–H groups in total. The lowest BCUT2D eigenvalue weighted by molar-refractivity contribution is -0.112. The van der Waals surface area contributed by atoms with Crippen molar-refractivity contribution in [2.24, 2.45) is 0 Å². The predicted octanol–water partition coefficient (Wildman–Crippen LogP) is 5.58. The number of benzene rings is 2. The third-order valence-corrected chi connectivity index (χ3v) is 3.01. The van der Waals surface area contributed by atoms with Crippen LogP contribution in [0.5, 0.6) is 5.75 Å². The van der Waals surface area contributed by atoms with E-state index in [1.54, 1.807) is 7.11 Å². The Hall–Kier alpha value is -2.35. The third kappa shape index (κ3) is 10.9. The Morgan fingerprint density at radius 1 is 1.04 bits per heavy atom. The van der Waals surface area contributed by atoms with Gasteiger partial charge in [-0.2, -0.15) is 0 Å². The second-order valence-electron chi connectivity index (χ2n) is 5.40. The van der Waals surface area contributed by atoms with Gasteiger partial charge in [0.2, 0.25) is 0 Å². The average Bonchev–Trinajstić information content (AvgIpc) is 2.57. The van der Waals surface area contributed by atoms with E-state index in [0.29, 0.717) is 5.92 Å². The van der Waals surface area contributed by atoms with Crippen LogP contribution in [0.25, 0.3) is 0 Å². The number of hydrogen-bond acceptors (Lipinski definition) is 2. The molecule has 0 aliphatic carbocycles. The first-order chi connectivity index (χ1) is 10.9. The number of allylic oxidation sites excluding steroid dienone is 1. The van der Waals surface area contributed by atoms with Gasteiger partial charge < -0.3 is 4.74 Å².